The van der Waals surface area contributed by atoms with Gasteiger partial charge < -0.3 is 5.32 Å². The van der Waals surface area contributed by atoms with Crippen molar-refractivity contribution in [3.05, 3.63) is 24.7 Å². The molecule has 0 bridgehead atoms. The van der Waals surface area contributed by atoms with Crippen molar-refractivity contribution < 1.29 is 0 Å². The molecule has 0 aliphatic heterocycles. The maximum atomic E-state index is 4.36. The fraction of sp³-hybridized carbons (Fsp3) is 0.100. The summed E-state index contributed by atoms with van der Waals surface area (Å²) >= 11 is 0. The van der Waals surface area contributed by atoms with Gasteiger partial charge in [-0.3, -0.25) is 15.2 Å². The minimum Gasteiger partial charge on any atom is -0.385 e. The summed E-state index contributed by atoms with van der Waals surface area (Å²) in [5, 5.41) is 17.8. The van der Waals surface area contributed by atoms with Crippen LogP contribution in [0.3, 0.4) is 0 Å². The maximum Gasteiger partial charge on any atom is 0.107 e. The van der Waals surface area contributed by atoms with E-state index in [2.05, 4.69) is 30.7 Å². The molecule has 0 unspecified atom stereocenters. The molecule has 0 aliphatic carbocycles. The summed E-state index contributed by atoms with van der Waals surface area (Å²) in [6.45, 7) is 0. The van der Waals surface area contributed by atoms with E-state index in [1.165, 1.54) is 0 Å². The monoisotopic (exact) mass is 214 g/mol. The number of aromatic amines is 2. The van der Waals surface area contributed by atoms with Crippen molar-refractivity contribution in [1.29, 1.82) is 0 Å². The minimum atomic E-state index is 0.832. The van der Waals surface area contributed by atoms with E-state index in [0.29, 0.717) is 0 Å². The Labute approximate surface area is 91.1 Å². The molecule has 0 aliphatic rings. The molecule has 0 saturated heterocycles. The molecular formula is C10H10N6. The predicted octanol–water partition coefficient (Wildman–Crippen LogP) is 1.39. The second-order valence-electron chi connectivity index (χ2n) is 3.44. The summed E-state index contributed by atoms with van der Waals surface area (Å²) in [5.74, 6) is 0. The number of nitrogens with zero attached hydrogens (tertiary/aromatic N) is 3. The molecule has 0 atom stereocenters. The number of fused-ring (bicyclic) bond motifs is 1. The van der Waals surface area contributed by atoms with Gasteiger partial charge in [0, 0.05) is 18.6 Å². The lowest BCUT2D eigenvalue weighted by molar-refractivity contribution is 1.09. The van der Waals surface area contributed by atoms with Crippen molar-refractivity contribution in [2.24, 2.45) is 0 Å². The normalized spacial score (nSPS) is 10.8. The quantitative estimate of drug-likeness (QED) is 0.602. The van der Waals surface area contributed by atoms with Gasteiger partial charge in [0.05, 0.1) is 29.3 Å². The molecular weight excluding hydrogens is 204 g/mol. The Morgan fingerprint density at radius 3 is 2.88 bits per heavy atom. The number of aromatic nitrogens is 5. The van der Waals surface area contributed by atoms with Crippen LogP contribution in [0.4, 0.5) is 5.69 Å². The highest BCUT2D eigenvalue weighted by molar-refractivity contribution is 5.82. The van der Waals surface area contributed by atoms with Crippen LogP contribution in [0.25, 0.3) is 22.3 Å². The molecule has 0 fully saturated rings. The van der Waals surface area contributed by atoms with Gasteiger partial charge in [-0.1, -0.05) is 0 Å². The van der Waals surface area contributed by atoms with Gasteiger partial charge in [0.25, 0.3) is 0 Å². The first kappa shape index (κ1) is 8.90. The van der Waals surface area contributed by atoms with E-state index < -0.39 is 0 Å². The van der Waals surface area contributed by atoms with Crippen molar-refractivity contribution in [1.82, 2.24) is 25.4 Å². The second kappa shape index (κ2) is 3.34. The Hall–Kier alpha value is -2.37. The van der Waals surface area contributed by atoms with Gasteiger partial charge in [0.2, 0.25) is 0 Å². The molecule has 3 heterocycles. The van der Waals surface area contributed by atoms with E-state index in [-0.39, 0.29) is 0 Å². The van der Waals surface area contributed by atoms with Gasteiger partial charge in [-0.15, -0.1) is 0 Å². The van der Waals surface area contributed by atoms with E-state index in [1.54, 1.807) is 18.6 Å². The van der Waals surface area contributed by atoms with Gasteiger partial charge in [0.15, 0.2) is 0 Å². The molecule has 0 spiro atoms. The summed E-state index contributed by atoms with van der Waals surface area (Å²) in [5.41, 5.74) is 3.59. The third-order valence-electron chi connectivity index (χ3n) is 2.49. The van der Waals surface area contributed by atoms with Crippen LogP contribution in [0, 0.1) is 0 Å². The van der Waals surface area contributed by atoms with Crippen LogP contribution in [0.1, 0.15) is 0 Å². The van der Waals surface area contributed by atoms with Crippen LogP contribution < -0.4 is 5.32 Å². The molecule has 3 rings (SSSR count). The lowest BCUT2D eigenvalue weighted by atomic mass is 10.2. The van der Waals surface area contributed by atoms with E-state index in [4.69, 9.17) is 0 Å². The zero-order chi connectivity index (χ0) is 11.0. The molecule has 6 nitrogen and oxygen atoms in total. The SMILES string of the molecule is CNc1cn[nH]c1-c1cc2[nH]ncc2cn1. The summed E-state index contributed by atoms with van der Waals surface area (Å²) in [7, 11) is 1.85. The summed E-state index contributed by atoms with van der Waals surface area (Å²) in [4.78, 5) is 4.36. The highest BCUT2D eigenvalue weighted by Crippen LogP contribution is 2.24. The van der Waals surface area contributed by atoms with Crippen molar-refractivity contribution in [2.75, 3.05) is 12.4 Å². The minimum absolute atomic E-state index is 0.832. The van der Waals surface area contributed by atoms with Crippen LogP contribution >= 0.6 is 0 Å². The Morgan fingerprint density at radius 2 is 2.00 bits per heavy atom. The summed E-state index contributed by atoms with van der Waals surface area (Å²) in [6.07, 6.45) is 5.26. The molecule has 0 aromatic carbocycles. The lowest BCUT2D eigenvalue weighted by Gasteiger charge is -2.01. The summed E-state index contributed by atoms with van der Waals surface area (Å²) < 4.78 is 0. The lowest BCUT2D eigenvalue weighted by Crippen LogP contribution is -1.91. The van der Waals surface area contributed by atoms with Gasteiger partial charge in [0.1, 0.15) is 5.69 Å². The van der Waals surface area contributed by atoms with E-state index in [9.17, 15) is 0 Å². The number of rotatable bonds is 2. The molecule has 0 radical (unpaired) electrons. The molecule has 6 heteroatoms. The fourth-order valence-electron chi connectivity index (χ4n) is 1.64. The zero-order valence-corrected chi connectivity index (χ0v) is 8.65. The largest absolute Gasteiger partial charge is 0.385 e. The molecule has 0 saturated carbocycles. The number of hydrogen-bond donors (Lipinski definition) is 3. The third kappa shape index (κ3) is 1.23. The molecule has 3 aromatic heterocycles. The predicted molar refractivity (Wildman–Crippen MR) is 61.0 cm³/mol. The van der Waals surface area contributed by atoms with E-state index >= 15 is 0 Å². The van der Waals surface area contributed by atoms with Gasteiger partial charge >= 0.3 is 0 Å². The van der Waals surface area contributed by atoms with Crippen LogP contribution in [0.5, 0.6) is 0 Å². The Balaban J connectivity index is 2.18. The first-order chi connectivity index (χ1) is 7.88. The Bertz CT molecular complexity index is 623. The number of nitrogens with one attached hydrogen (secondary N) is 3. The van der Waals surface area contributed by atoms with Crippen molar-refractivity contribution in [3.63, 3.8) is 0 Å². The first-order valence-electron chi connectivity index (χ1n) is 4.89. The van der Waals surface area contributed by atoms with Crippen molar-refractivity contribution in [3.8, 4) is 11.4 Å². The van der Waals surface area contributed by atoms with Crippen LogP contribution in [-0.2, 0) is 0 Å². The van der Waals surface area contributed by atoms with Gasteiger partial charge in [-0.25, -0.2) is 0 Å². The first-order valence-corrected chi connectivity index (χ1v) is 4.89. The Kier molecular flexibility index (Phi) is 1.86. The third-order valence-corrected chi connectivity index (χ3v) is 2.49. The van der Waals surface area contributed by atoms with E-state index in [1.807, 2.05) is 13.1 Å². The number of H-pyrrole nitrogens is 2. The maximum absolute atomic E-state index is 4.36. The molecule has 3 N–H and O–H groups in total. The molecule has 3 aromatic rings. The number of anilines is 1. The topological polar surface area (TPSA) is 82.3 Å². The highest BCUT2D eigenvalue weighted by Gasteiger charge is 2.08. The average molecular weight is 214 g/mol. The summed E-state index contributed by atoms with van der Waals surface area (Å²) in [6, 6.07) is 1.94. The standard InChI is InChI=1S/C10H10N6/c1-11-9-5-14-16-10(9)8-2-7-6(3-12-8)4-13-15-7/h2-5,11H,1H3,(H,13,15)(H,14,16). The van der Waals surface area contributed by atoms with Crippen molar-refractivity contribution >= 4 is 16.6 Å². The number of hydrogen-bond acceptors (Lipinski definition) is 4. The smallest absolute Gasteiger partial charge is 0.107 e. The van der Waals surface area contributed by atoms with Crippen molar-refractivity contribution in [2.45, 2.75) is 0 Å². The highest BCUT2D eigenvalue weighted by atomic mass is 15.1. The fourth-order valence-corrected chi connectivity index (χ4v) is 1.64. The molecule has 80 valence electrons. The van der Waals surface area contributed by atoms with Gasteiger partial charge in [-0.2, -0.15) is 10.2 Å². The van der Waals surface area contributed by atoms with Crippen LogP contribution in [0.2, 0.25) is 0 Å². The molecule has 0 amide bonds. The Morgan fingerprint density at radius 1 is 1.12 bits per heavy atom. The second-order valence-corrected chi connectivity index (χ2v) is 3.44. The number of pyridine rings is 1. The average Bonchev–Trinajstić information content (AvgIpc) is 2.96. The molecule has 16 heavy (non-hydrogen) atoms. The van der Waals surface area contributed by atoms with Gasteiger partial charge in [-0.05, 0) is 6.07 Å². The van der Waals surface area contributed by atoms with E-state index in [0.717, 1.165) is 28.0 Å². The van der Waals surface area contributed by atoms with Crippen LogP contribution in [-0.4, -0.2) is 32.4 Å². The van der Waals surface area contributed by atoms with Crippen LogP contribution in [0.15, 0.2) is 24.7 Å². The zero-order valence-electron chi connectivity index (χ0n) is 8.65.